The van der Waals surface area contributed by atoms with Gasteiger partial charge in [-0.05, 0) is 49.7 Å². The second kappa shape index (κ2) is 4.46. The van der Waals surface area contributed by atoms with Crippen molar-refractivity contribution in [2.45, 2.75) is 38.8 Å². The lowest BCUT2D eigenvalue weighted by Crippen LogP contribution is -2.51. The van der Waals surface area contributed by atoms with Crippen LogP contribution in [0.4, 0.5) is 15.8 Å². The highest BCUT2D eigenvalue weighted by Crippen LogP contribution is 2.32. The minimum absolute atomic E-state index is 0.308. The van der Waals surface area contributed by atoms with E-state index in [9.17, 15) is 9.50 Å². The molecule has 0 aliphatic carbocycles. The molecule has 0 aliphatic rings. The Balaban J connectivity index is 3.08. The van der Waals surface area contributed by atoms with Crippen molar-refractivity contribution < 1.29 is 9.50 Å². The molecule has 0 aromatic heterocycles. The molecule has 0 saturated carbocycles. The van der Waals surface area contributed by atoms with E-state index in [2.05, 4.69) is 21.2 Å². The third-order valence-corrected chi connectivity index (χ3v) is 3.68. The van der Waals surface area contributed by atoms with E-state index in [1.165, 1.54) is 6.07 Å². The van der Waals surface area contributed by atoms with Gasteiger partial charge < -0.3 is 16.2 Å². The molecule has 0 atom stereocenters. The molecule has 0 spiro atoms. The average molecular weight is 305 g/mol. The van der Waals surface area contributed by atoms with Crippen molar-refractivity contribution >= 4 is 27.3 Å². The average Bonchev–Trinajstić information content (AvgIpc) is 2.12. The van der Waals surface area contributed by atoms with Crippen LogP contribution >= 0.6 is 15.9 Å². The summed E-state index contributed by atoms with van der Waals surface area (Å²) < 4.78 is 13.6. The summed E-state index contributed by atoms with van der Waals surface area (Å²) >= 11 is 3.11. The highest BCUT2D eigenvalue weighted by atomic mass is 79.9. The molecule has 1 aromatic rings. The van der Waals surface area contributed by atoms with Gasteiger partial charge in [0.25, 0.3) is 0 Å². The monoisotopic (exact) mass is 304 g/mol. The number of nitrogens with two attached hydrogens (primary N) is 1. The van der Waals surface area contributed by atoms with Crippen LogP contribution in [0.1, 0.15) is 27.7 Å². The maximum Gasteiger partial charge on any atom is 0.139 e. The molecule has 17 heavy (non-hydrogen) atoms. The van der Waals surface area contributed by atoms with E-state index >= 15 is 0 Å². The van der Waals surface area contributed by atoms with Crippen molar-refractivity contribution in [3.05, 3.63) is 22.4 Å². The summed E-state index contributed by atoms with van der Waals surface area (Å²) in [7, 11) is 0. The number of anilines is 2. The van der Waals surface area contributed by atoms with Crippen LogP contribution in [0.15, 0.2) is 16.6 Å². The van der Waals surface area contributed by atoms with Gasteiger partial charge in [0.1, 0.15) is 5.82 Å². The summed E-state index contributed by atoms with van der Waals surface area (Å²) in [5, 5.41) is 13.2. The van der Waals surface area contributed by atoms with E-state index in [1.54, 1.807) is 19.9 Å². The van der Waals surface area contributed by atoms with E-state index < -0.39 is 17.0 Å². The van der Waals surface area contributed by atoms with Gasteiger partial charge in [0, 0.05) is 6.07 Å². The lowest BCUT2D eigenvalue weighted by atomic mass is 9.85. The SMILES string of the molecule is CC(C)(O)C(C)(C)Nc1cc(Br)c(F)cc1N. The minimum atomic E-state index is -0.944. The molecule has 1 rings (SSSR count). The number of benzene rings is 1. The summed E-state index contributed by atoms with van der Waals surface area (Å²) in [4.78, 5) is 0. The van der Waals surface area contributed by atoms with Crippen molar-refractivity contribution in [2.75, 3.05) is 11.1 Å². The van der Waals surface area contributed by atoms with Gasteiger partial charge in [-0.3, -0.25) is 0 Å². The summed E-state index contributed by atoms with van der Waals surface area (Å²) in [6.45, 7) is 7.11. The van der Waals surface area contributed by atoms with Crippen LogP contribution in [0.2, 0.25) is 0 Å². The number of nitrogens with one attached hydrogen (secondary N) is 1. The first kappa shape index (κ1) is 14.3. The molecule has 0 radical (unpaired) electrons. The molecule has 0 heterocycles. The largest absolute Gasteiger partial charge is 0.397 e. The fourth-order valence-electron chi connectivity index (χ4n) is 1.16. The smallest absolute Gasteiger partial charge is 0.139 e. The summed E-state index contributed by atoms with van der Waals surface area (Å²) in [6.07, 6.45) is 0. The minimum Gasteiger partial charge on any atom is -0.397 e. The van der Waals surface area contributed by atoms with Crippen LogP contribution in [-0.2, 0) is 0 Å². The topological polar surface area (TPSA) is 58.3 Å². The fourth-order valence-corrected chi connectivity index (χ4v) is 1.50. The second-order valence-corrected chi connectivity index (χ2v) is 6.02. The molecule has 96 valence electrons. The first-order valence-electron chi connectivity index (χ1n) is 5.29. The Morgan fingerprint density at radius 2 is 1.82 bits per heavy atom. The number of halogens is 2. The lowest BCUT2D eigenvalue weighted by Gasteiger charge is -2.39. The van der Waals surface area contributed by atoms with Crippen LogP contribution in [0.25, 0.3) is 0 Å². The van der Waals surface area contributed by atoms with Gasteiger partial charge in [-0.2, -0.15) is 0 Å². The Kier molecular flexibility index (Phi) is 3.74. The first-order chi connectivity index (χ1) is 7.54. The summed E-state index contributed by atoms with van der Waals surface area (Å²) in [5.41, 5.74) is 5.09. The zero-order valence-corrected chi connectivity index (χ0v) is 12.0. The van der Waals surface area contributed by atoms with Gasteiger partial charge >= 0.3 is 0 Å². The summed E-state index contributed by atoms with van der Waals surface area (Å²) in [6, 6.07) is 2.81. The molecule has 0 saturated heterocycles. The normalized spacial score (nSPS) is 12.6. The Morgan fingerprint density at radius 1 is 1.29 bits per heavy atom. The predicted molar refractivity (Wildman–Crippen MR) is 72.5 cm³/mol. The zero-order valence-electron chi connectivity index (χ0n) is 10.4. The Morgan fingerprint density at radius 3 is 2.29 bits per heavy atom. The van der Waals surface area contributed by atoms with Gasteiger partial charge in [-0.15, -0.1) is 0 Å². The van der Waals surface area contributed by atoms with Gasteiger partial charge in [0.15, 0.2) is 0 Å². The van der Waals surface area contributed by atoms with Crippen LogP contribution in [0, 0.1) is 5.82 Å². The van der Waals surface area contributed by atoms with Crippen LogP contribution in [-0.4, -0.2) is 16.2 Å². The van der Waals surface area contributed by atoms with Crippen LogP contribution in [0.3, 0.4) is 0 Å². The van der Waals surface area contributed by atoms with E-state index in [-0.39, 0.29) is 0 Å². The molecule has 3 nitrogen and oxygen atoms in total. The van der Waals surface area contributed by atoms with E-state index in [4.69, 9.17) is 5.73 Å². The molecule has 0 amide bonds. The molecule has 0 fully saturated rings. The highest BCUT2D eigenvalue weighted by Gasteiger charge is 2.35. The number of hydrogen-bond donors (Lipinski definition) is 3. The first-order valence-corrected chi connectivity index (χ1v) is 6.09. The molecule has 0 aliphatic heterocycles. The highest BCUT2D eigenvalue weighted by molar-refractivity contribution is 9.10. The van der Waals surface area contributed by atoms with Crippen molar-refractivity contribution in [3.8, 4) is 0 Å². The third kappa shape index (κ3) is 3.10. The number of aliphatic hydroxyl groups is 1. The Hall–Kier alpha value is -0.810. The fraction of sp³-hybridized carbons (Fsp3) is 0.500. The Bertz CT molecular complexity index is 427. The Labute approximate surface area is 109 Å². The molecular formula is C12H18BrFN2O. The standard InChI is InChI=1S/C12H18BrFN2O/c1-11(2,12(3,4)17)16-10-5-7(13)8(14)6-9(10)15/h5-6,16-17H,15H2,1-4H3. The molecule has 4 N–H and O–H groups in total. The van der Waals surface area contributed by atoms with E-state index in [0.717, 1.165) is 0 Å². The number of rotatable bonds is 3. The maximum absolute atomic E-state index is 13.2. The van der Waals surface area contributed by atoms with Crippen LogP contribution < -0.4 is 11.1 Å². The summed E-state index contributed by atoms with van der Waals surface area (Å²) in [5.74, 6) is -0.408. The molecule has 0 unspecified atom stereocenters. The molecular weight excluding hydrogens is 287 g/mol. The lowest BCUT2D eigenvalue weighted by molar-refractivity contribution is 0.0241. The van der Waals surface area contributed by atoms with Gasteiger partial charge in [-0.1, -0.05) is 0 Å². The van der Waals surface area contributed by atoms with Gasteiger partial charge in [0.05, 0.1) is 27.0 Å². The van der Waals surface area contributed by atoms with Gasteiger partial charge in [-0.25, -0.2) is 4.39 Å². The van der Waals surface area contributed by atoms with Crippen molar-refractivity contribution in [3.63, 3.8) is 0 Å². The second-order valence-electron chi connectivity index (χ2n) is 5.16. The molecule has 0 bridgehead atoms. The zero-order chi connectivity index (χ0) is 13.4. The number of hydrogen-bond acceptors (Lipinski definition) is 3. The molecule has 5 heteroatoms. The predicted octanol–water partition coefficient (Wildman–Crippen LogP) is 3.13. The molecule has 1 aromatic carbocycles. The van der Waals surface area contributed by atoms with E-state index in [1.807, 2.05) is 13.8 Å². The van der Waals surface area contributed by atoms with Crippen molar-refractivity contribution in [1.82, 2.24) is 0 Å². The van der Waals surface area contributed by atoms with Crippen molar-refractivity contribution in [2.24, 2.45) is 0 Å². The van der Waals surface area contributed by atoms with Crippen LogP contribution in [0.5, 0.6) is 0 Å². The van der Waals surface area contributed by atoms with Crippen molar-refractivity contribution in [1.29, 1.82) is 0 Å². The van der Waals surface area contributed by atoms with Gasteiger partial charge in [0.2, 0.25) is 0 Å². The third-order valence-electron chi connectivity index (χ3n) is 3.07. The van der Waals surface area contributed by atoms with E-state index in [0.29, 0.717) is 15.8 Å². The number of nitrogen functional groups attached to an aromatic ring is 1. The quantitative estimate of drug-likeness (QED) is 0.752. The maximum atomic E-state index is 13.2.